The van der Waals surface area contributed by atoms with E-state index in [1.807, 2.05) is 0 Å². The van der Waals surface area contributed by atoms with Crippen LogP contribution in [-0.4, -0.2) is 10.7 Å². The van der Waals surface area contributed by atoms with Gasteiger partial charge < -0.3 is 5.11 Å². The van der Waals surface area contributed by atoms with Crippen molar-refractivity contribution in [2.45, 2.75) is 44.1 Å². The van der Waals surface area contributed by atoms with Gasteiger partial charge in [-0.15, -0.1) is 0 Å². The molecule has 1 heteroatoms. The van der Waals surface area contributed by atoms with Gasteiger partial charge in [-0.25, -0.2) is 0 Å². The fraction of sp³-hybridized carbons (Fsp3) is 0.875. The summed E-state index contributed by atoms with van der Waals surface area (Å²) in [7, 11) is 0. The van der Waals surface area contributed by atoms with Gasteiger partial charge in [0, 0.05) is 0 Å². The Bertz CT molecular complexity index is 98.0. The Balaban J connectivity index is 2.11. The molecule has 0 aliphatic heterocycles. The van der Waals surface area contributed by atoms with Crippen LogP contribution >= 0.6 is 0 Å². The zero-order chi connectivity index (χ0) is 6.32. The first-order chi connectivity index (χ1) is 4.29. The van der Waals surface area contributed by atoms with E-state index >= 15 is 0 Å². The maximum absolute atomic E-state index is 9.70. The summed E-state index contributed by atoms with van der Waals surface area (Å²) in [6.45, 7) is 0. The predicted octanol–water partition coefficient (Wildman–Crippen LogP) is 1.66. The van der Waals surface area contributed by atoms with E-state index < -0.39 is 0 Å². The third kappa shape index (κ3) is 0.877. The second-order valence-electron chi connectivity index (χ2n) is 3.47. The molecule has 0 unspecified atom stereocenters. The smallest absolute Gasteiger partial charge is 0.0648 e. The van der Waals surface area contributed by atoms with Crippen molar-refractivity contribution in [2.24, 2.45) is 0 Å². The maximum Gasteiger partial charge on any atom is 0.0648 e. The van der Waals surface area contributed by atoms with Crippen molar-refractivity contribution in [2.75, 3.05) is 0 Å². The molecule has 0 aromatic rings. The zero-order valence-electron chi connectivity index (χ0n) is 5.69. The number of fused-ring (bicyclic) bond motifs is 3. The minimum Gasteiger partial charge on any atom is -0.390 e. The van der Waals surface area contributed by atoms with Gasteiger partial charge in [0.15, 0.2) is 0 Å². The van der Waals surface area contributed by atoms with Crippen molar-refractivity contribution >= 4 is 0 Å². The average molecular weight is 125 g/mol. The molecule has 0 heterocycles. The van der Waals surface area contributed by atoms with Crippen LogP contribution in [0.2, 0.25) is 0 Å². The summed E-state index contributed by atoms with van der Waals surface area (Å²) < 4.78 is 0. The Labute approximate surface area is 56.1 Å². The van der Waals surface area contributed by atoms with E-state index in [0.717, 1.165) is 19.3 Å². The van der Waals surface area contributed by atoms with Crippen molar-refractivity contribution in [1.29, 1.82) is 0 Å². The highest BCUT2D eigenvalue weighted by Gasteiger charge is 2.38. The minimum atomic E-state index is -0.234. The molecule has 3 fully saturated rings. The molecule has 1 N–H and O–H groups in total. The van der Waals surface area contributed by atoms with Crippen molar-refractivity contribution in [3.05, 3.63) is 5.92 Å². The summed E-state index contributed by atoms with van der Waals surface area (Å²) in [5.41, 5.74) is -0.234. The summed E-state index contributed by atoms with van der Waals surface area (Å²) in [6, 6.07) is 0. The molecule has 0 amide bonds. The molecule has 1 radical (unpaired) electrons. The molecule has 3 aliphatic carbocycles. The van der Waals surface area contributed by atoms with Gasteiger partial charge in [-0.1, -0.05) is 0 Å². The summed E-state index contributed by atoms with van der Waals surface area (Å²) in [6.07, 6.45) is 6.75. The van der Waals surface area contributed by atoms with Crippen LogP contribution in [0.15, 0.2) is 0 Å². The maximum atomic E-state index is 9.70. The average Bonchev–Trinajstić information content (AvgIpc) is 1.90. The van der Waals surface area contributed by atoms with Gasteiger partial charge in [0.25, 0.3) is 0 Å². The lowest BCUT2D eigenvalue weighted by molar-refractivity contribution is -0.0224. The van der Waals surface area contributed by atoms with E-state index in [4.69, 9.17) is 0 Å². The Morgan fingerprint density at radius 2 is 1.44 bits per heavy atom. The second-order valence-corrected chi connectivity index (χ2v) is 3.47. The molecular weight excluding hydrogens is 112 g/mol. The first-order valence-corrected chi connectivity index (χ1v) is 3.84. The zero-order valence-corrected chi connectivity index (χ0v) is 5.69. The van der Waals surface area contributed by atoms with E-state index in [1.54, 1.807) is 5.92 Å². The van der Waals surface area contributed by atoms with E-state index in [-0.39, 0.29) is 5.60 Å². The summed E-state index contributed by atoms with van der Waals surface area (Å²) >= 11 is 0. The Hall–Kier alpha value is -0.0400. The van der Waals surface area contributed by atoms with Crippen LogP contribution in [0.25, 0.3) is 0 Å². The Morgan fingerprint density at radius 3 is 1.67 bits per heavy atom. The molecule has 3 saturated carbocycles. The number of rotatable bonds is 0. The molecule has 0 aromatic heterocycles. The summed E-state index contributed by atoms with van der Waals surface area (Å²) in [5, 5.41) is 9.70. The van der Waals surface area contributed by atoms with E-state index in [1.165, 1.54) is 19.3 Å². The van der Waals surface area contributed by atoms with Crippen LogP contribution in [0, 0.1) is 5.92 Å². The van der Waals surface area contributed by atoms with Crippen molar-refractivity contribution < 1.29 is 5.11 Å². The van der Waals surface area contributed by atoms with Gasteiger partial charge in [-0.2, -0.15) is 0 Å². The van der Waals surface area contributed by atoms with Gasteiger partial charge >= 0.3 is 0 Å². The largest absolute Gasteiger partial charge is 0.390 e. The third-order valence-electron chi connectivity index (χ3n) is 2.83. The fourth-order valence-electron chi connectivity index (χ4n) is 1.98. The van der Waals surface area contributed by atoms with E-state index in [0.29, 0.717) is 0 Å². The van der Waals surface area contributed by atoms with Gasteiger partial charge in [-0.3, -0.25) is 0 Å². The molecular formula is C8H13O. The van der Waals surface area contributed by atoms with Gasteiger partial charge in [0.2, 0.25) is 0 Å². The Kier molecular flexibility index (Phi) is 1.10. The van der Waals surface area contributed by atoms with Crippen LogP contribution in [0.1, 0.15) is 38.5 Å². The standard InChI is InChI=1S/C8H13O/c9-8-4-1-7(2-5-8)3-6-8/h9H,1-6H2. The molecule has 51 valence electrons. The molecule has 9 heavy (non-hydrogen) atoms. The topological polar surface area (TPSA) is 20.2 Å². The van der Waals surface area contributed by atoms with Gasteiger partial charge in [-0.05, 0) is 44.4 Å². The summed E-state index contributed by atoms with van der Waals surface area (Å²) in [4.78, 5) is 0. The molecule has 3 rings (SSSR count). The molecule has 0 spiro atoms. The van der Waals surface area contributed by atoms with E-state index in [2.05, 4.69) is 0 Å². The number of hydrogen-bond acceptors (Lipinski definition) is 1. The number of hydrogen-bond donors (Lipinski definition) is 1. The van der Waals surface area contributed by atoms with Crippen molar-refractivity contribution in [3.8, 4) is 0 Å². The normalized spacial score (nSPS) is 33.0. The quantitative estimate of drug-likeness (QED) is 0.522. The SMILES string of the molecule is OC12CC[C](CC1)CC2. The van der Waals surface area contributed by atoms with Gasteiger partial charge in [0.1, 0.15) is 0 Å². The van der Waals surface area contributed by atoms with Crippen LogP contribution < -0.4 is 0 Å². The van der Waals surface area contributed by atoms with Crippen molar-refractivity contribution in [3.63, 3.8) is 0 Å². The molecule has 3 aliphatic rings. The lowest BCUT2D eigenvalue weighted by atomic mass is 9.68. The highest BCUT2D eigenvalue weighted by molar-refractivity contribution is 5.06. The Morgan fingerprint density at radius 1 is 1.00 bits per heavy atom. The second kappa shape index (κ2) is 1.72. The van der Waals surface area contributed by atoms with Crippen LogP contribution in [0.3, 0.4) is 0 Å². The van der Waals surface area contributed by atoms with Crippen LogP contribution in [0.4, 0.5) is 0 Å². The molecule has 0 atom stereocenters. The first kappa shape index (κ1) is 5.72. The highest BCUT2D eigenvalue weighted by atomic mass is 16.3. The van der Waals surface area contributed by atoms with Crippen LogP contribution in [0.5, 0.6) is 0 Å². The lowest BCUT2D eigenvalue weighted by Crippen LogP contribution is -2.38. The monoisotopic (exact) mass is 125 g/mol. The molecule has 0 aromatic carbocycles. The van der Waals surface area contributed by atoms with Gasteiger partial charge in [0.05, 0.1) is 5.60 Å². The summed E-state index contributed by atoms with van der Waals surface area (Å²) in [5.74, 6) is 1.70. The number of aliphatic hydroxyl groups is 1. The predicted molar refractivity (Wildman–Crippen MR) is 35.9 cm³/mol. The molecule has 2 bridgehead atoms. The minimum absolute atomic E-state index is 0.234. The lowest BCUT2D eigenvalue weighted by Gasteiger charge is -2.42. The molecule has 1 nitrogen and oxygen atoms in total. The highest BCUT2D eigenvalue weighted by Crippen LogP contribution is 2.44. The molecule has 0 saturated heterocycles. The van der Waals surface area contributed by atoms with Crippen molar-refractivity contribution in [1.82, 2.24) is 0 Å². The van der Waals surface area contributed by atoms with Crippen LogP contribution in [-0.2, 0) is 0 Å². The fourth-order valence-corrected chi connectivity index (χ4v) is 1.98. The first-order valence-electron chi connectivity index (χ1n) is 3.84. The van der Waals surface area contributed by atoms with E-state index in [9.17, 15) is 5.11 Å². The third-order valence-corrected chi connectivity index (χ3v) is 2.83.